The van der Waals surface area contributed by atoms with Crippen molar-refractivity contribution >= 4 is 16.5 Å². The van der Waals surface area contributed by atoms with Crippen molar-refractivity contribution in [3.05, 3.63) is 72.1 Å². The lowest BCUT2D eigenvalue weighted by atomic mass is 9.76. The highest BCUT2D eigenvalue weighted by Crippen LogP contribution is 2.38. The Bertz CT molecular complexity index is 929. The summed E-state index contributed by atoms with van der Waals surface area (Å²) in [5.41, 5.74) is 4.02. The molecule has 6 rings (SSSR count). The number of benzene rings is 2. The van der Waals surface area contributed by atoms with E-state index in [4.69, 9.17) is 0 Å². The largest absolute Gasteiger partial charge is 0.380 e. The van der Waals surface area contributed by atoms with Gasteiger partial charge in [0.25, 0.3) is 0 Å². The van der Waals surface area contributed by atoms with Crippen LogP contribution in [0.4, 0.5) is 5.69 Å². The minimum Gasteiger partial charge on any atom is -0.380 e. The molecule has 3 fully saturated rings. The first-order chi connectivity index (χ1) is 13.3. The Morgan fingerprint density at radius 1 is 1.07 bits per heavy atom. The van der Waals surface area contributed by atoms with Crippen molar-refractivity contribution in [2.45, 2.75) is 44.8 Å². The van der Waals surface area contributed by atoms with Crippen LogP contribution in [-0.2, 0) is 6.54 Å². The summed E-state index contributed by atoms with van der Waals surface area (Å²) in [7, 11) is 0. The molecule has 2 aromatic carbocycles. The zero-order valence-corrected chi connectivity index (χ0v) is 15.9. The van der Waals surface area contributed by atoms with Crippen LogP contribution in [0.2, 0.25) is 0 Å². The first-order valence-electron chi connectivity index (χ1n) is 10.1. The number of aromatic nitrogens is 1. The highest BCUT2D eigenvalue weighted by molar-refractivity contribution is 5.93. The second-order valence-corrected chi connectivity index (χ2v) is 8.31. The van der Waals surface area contributed by atoms with E-state index in [0.717, 1.165) is 12.5 Å². The molecule has 3 heteroatoms. The number of aryl methyl sites for hydroxylation is 1. The molecule has 3 atom stereocenters. The van der Waals surface area contributed by atoms with E-state index < -0.39 is 0 Å². The zero-order valence-electron chi connectivity index (χ0n) is 15.9. The van der Waals surface area contributed by atoms with E-state index in [0.29, 0.717) is 12.1 Å². The van der Waals surface area contributed by atoms with Gasteiger partial charge in [-0.3, -0.25) is 9.88 Å². The highest BCUT2D eigenvalue weighted by atomic mass is 15.2. The molecular formula is C24H27N3. The van der Waals surface area contributed by atoms with Gasteiger partial charge in [0.2, 0.25) is 0 Å². The van der Waals surface area contributed by atoms with E-state index >= 15 is 0 Å². The number of pyridine rings is 1. The number of anilines is 1. The normalized spacial score (nSPS) is 25.0. The summed E-state index contributed by atoms with van der Waals surface area (Å²) < 4.78 is 0. The lowest BCUT2D eigenvalue weighted by molar-refractivity contribution is 0.0323. The maximum Gasteiger partial charge on any atom is 0.0423 e. The van der Waals surface area contributed by atoms with E-state index in [1.165, 1.54) is 53.4 Å². The van der Waals surface area contributed by atoms with Crippen LogP contribution in [-0.4, -0.2) is 28.5 Å². The average molecular weight is 358 g/mol. The van der Waals surface area contributed by atoms with Crippen molar-refractivity contribution in [1.82, 2.24) is 9.88 Å². The summed E-state index contributed by atoms with van der Waals surface area (Å²) in [6, 6.07) is 18.8. The number of rotatable bonds is 4. The van der Waals surface area contributed by atoms with Crippen molar-refractivity contribution in [2.24, 2.45) is 5.92 Å². The van der Waals surface area contributed by atoms with Gasteiger partial charge in [0.1, 0.15) is 0 Å². The molecule has 3 heterocycles. The molecule has 2 bridgehead atoms. The molecule has 27 heavy (non-hydrogen) atoms. The summed E-state index contributed by atoms with van der Waals surface area (Å²) in [6.07, 6.45) is 7.82. The molecule has 1 aromatic heterocycles. The molecule has 1 aliphatic carbocycles. The SMILES string of the molecule is Cc1ccc(CN2CC3CCC2C(Nc2cccc4cnccc24)C3)cc1. The van der Waals surface area contributed by atoms with Gasteiger partial charge >= 0.3 is 0 Å². The smallest absolute Gasteiger partial charge is 0.0423 e. The van der Waals surface area contributed by atoms with Gasteiger partial charge in [-0.1, -0.05) is 42.0 Å². The quantitative estimate of drug-likeness (QED) is 0.711. The predicted molar refractivity (Wildman–Crippen MR) is 112 cm³/mol. The van der Waals surface area contributed by atoms with Crippen LogP contribution in [0, 0.1) is 12.8 Å². The highest BCUT2D eigenvalue weighted by Gasteiger charge is 2.40. The van der Waals surface area contributed by atoms with E-state index in [1.807, 2.05) is 12.4 Å². The molecule has 1 N–H and O–H groups in total. The molecular weight excluding hydrogens is 330 g/mol. The molecule has 1 saturated carbocycles. The summed E-state index contributed by atoms with van der Waals surface area (Å²) in [5, 5.41) is 6.40. The Hall–Kier alpha value is -2.39. The molecule has 138 valence electrons. The molecule has 3 aromatic rings. The number of hydrogen-bond acceptors (Lipinski definition) is 3. The third kappa shape index (κ3) is 3.32. The van der Waals surface area contributed by atoms with Gasteiger partial charge in [-0.15, -0.1) is 0 Å². The zero-order chi connectivity index (χ0) is 18.2. The molecule has 2 aliphatic heterocycles. The van der Waals surface area contributed by atoms with Crippen LogP contribution in [0.1, 0.15) is 30.4 Å². The fourth-order valence-corrected chi connectivity index (χ4v) is 5.02. The molecule has 0 radical (unpaired) electrons. The minimum absolute atomic E-state index is 0.529. The van der Waals surface area contributed by atoms with Crippen LogP contribution in [0.5, 0.6) is 0 Å². The van der Waals surface area contributed by atoms with E-state index in [1.54, 1.807) is 0 Å². The Balaban J connectivity index is 1.37. The fraction of sp³-hybridized carbons (Fsp3) is 0.375. The standard InChI is InChI=1S/C24H27N3/c1-17-5-7-18(8-6-17)15-27-16-19-9-10-24(27)23(13-19)26-22-4-2-3-20-14-25-12-11-21(20)22/h2-8,11-12,14,19,23-24,26H,9-10,13,15-16H2,1H3. The van der Waals surface area contributed by atoms with E-state index in [-0.39, 0.29) is 0 Å². The molecule has 2 saturated heterocycles. The van der Waals surface area contributed by atoms with Crippen molar-refractivity contribution in [3.63, 3.8) is 0 Å². The van der Waals surface area contributed by atoms with Crippen LogP contribution >= 0.6 is 0 Å². The van der Waals surface area contributed by atoms with Gasteiger partial charge in [-0.05, 0) is 49.8 Å². The number of nitrogens with zero attached hydrogens (tertiary/aromatic N) is 2. The van der Waals surface area contributed by atoms with E-state index in [9.17, 15) is 0 Å². The minimum atomic E-state index is 0.529. The Morgan fingerprint density at radius 2 is 1.96 bits per heavy atom. The number of hydrogen-bond donors (Lipinski definition) is 1. The second-order valence-electron chi connectivity index (χ2n) is 8.31. The Morgan fingerprint density at radius 3 is 2.81 bits per heavy atom. The number of nitrogens with one attached hydrogen (secondary N) is 1. The average Bonchev–Trinajstić information content (AvgIpc) is 2.71. The second kappa shape index (κ2) is 6.97. The topological polar surface area (TPSA) is 28.2 Å². The van der Waals surface area contributed by atoms with Gasteiger partial charge in [0.15, 0.2) is 0 Å². The summed E-state index contributed by atoms with van der Waals surface area (Å²) in [4.78, 5) is 6.98. The lowest BCUT2D eigenvalue weighted by Crippen LogP contribution is -2.57. The number of piperidine rings is 2. The van der Waals surface area contributed by atoms with Crippen LogP contribution in [0.3, 0.4) is 0 Å². The molecule has 0 amide bonds. The number of fused-ring (bicyclic) bond motifs is 4. The monoisotopic (exact) mass is 357 g/mol. The Labute approximate surface area is 161 Å². The summed E-state index contributed by atoms with van der Waals surface area (Å²) in [6.45, 7) is 4.47. The molecule has 0 spiro atoms. The van der Waals surface area contributed by atoms with Gasteiger partial charge in [-0.2, -0.15) is 0 Å². The molecule has 3 unspecified atom stereocenters. The van der Waals surface area contributed by atoms with Crippen LogP contribution in [0.15, 0.2) is 60.9 Å². The molecule has 3 aliphatic rings. The first-order valence-corrected chi connectivity index (χ1v) is 10.1. The van der Waals surface area contributed by atoms with E-state index in [2.05, 4.69) is 70.7 Å². The first kappa shape index (κ1) is 16.8. The van der Waals surface area contributed by atoms with Crippen molar-refractivity contribution in [2.75, 3.05) is 11.9 Å². The van der Waals surface area contributed by atoms with Gasteiger partial charge < -0.3 is 5.32 Å². The van der Waals surface area contributed by atoms with Crippen LogP contribution < -0.4 is 5.32 Å². The van der Waals surface area contributed by atoms with Crippen molar-refractivity contribution in [1.29, 1.82) is 0 Å². The fourth-order valence-electron chi connectivity index (χ4n) is 5.02. The maximum atomic E-state index is 4.27. The maximum absolute atomic E-state index is 4.27. The molecule has 3 nitrogen and oxygen atoms in total. The van der Waals surface area contributed by atoms with Crippen molar-refractivity contribution < 1.29 is 0 Å². The predicted octanol–water partition coefficient (Wildman–Crippen LogP) is 5.01. The van der Waals surface area contributed by atoms with Crippen LogP contribution in [0.25, 0.3) is 10.8 Å². The third-order valence-electron chi connectivity index (χ3n) is 6.41. The summed E-state index contributed by atoms with van der Waals surface area (Å²) in [5.74, 6) is 0.814. The van der Waals surface area contributed by atoms with Gasteiger partial charge in [-0.25, -0.2) is 0 Å². The van der Waals surface area contributed by atoms with Gasteiger partial charge in [0.05, 0.1) is 0 Å². The third-order valence-corrected chi connectivity index (χ3v) is 6.41. The van der Waals surface area contributed by atoms with Crippen molar-refractivity contribution in [3.8, 4) is 0 Å². The van der Waals surface area contributed by atoms with Gasteiger partial charge in [0, 0.05) is 54.0 Å². The Kier molecular flexibility index (Phi) is 4.33. The summed E-state index contributed by atoms with van der Waals surface area (Å²) >= 11 is 0. The lowest BCUT2D eigenvalue weighted by Gasteiger charge is -2.50.